The van der Waals surface area contributed by atoms with E-state index in [2.05, 4.69) is 49.9 Å². The molecule has 1 aromatic heterocycles. The standard InChI is InChI=1S/C15H26N4/c1-10(2)15-17-9-14(19(5)12-6-7-12)13(18-15)8-16-11(3)4/h9-12,16H,6-8H2,1-5H3. The third-order valence-electron chi connectivity index (χ3n) is 3.53. The highest BCUT2D eigenvalue weighted by Gasteiger charge is 2.28. The Morgan fingerprint density at radius 1 is 1.32 bits per heavy atom. The number of aromatic nitrogens is 2. The SMILES string of the molecule is CC(C)NCc1nc(C(C)C)ncc1N(C)C1CC1. The molecule has 1 aromatic rings. The molecule has 0 unspecified atom stereocenters. The van der Waals surface area contributed by atoms with Crippen molar-refractivity contribution in [2.45, 2.75) is 65.1 Å². The molecule has 0 amide bonds. The molecule has 1 saturated carbocycles. The van der Waals surface area contributed by atoms with Crippen molar-refractivity contribution < 1.29 is 0 Å². The maximum atomic E-state index is 4.76. The fraction of sp³-hybridized carbons (Fsp3) is 0.733. The average Bonchev–Trinajstić information content (AvgIpc) is 3.19. The topological polar surface area (TPSA) is 41.1 Å². The third-order valence-corrected chi connectivity index (χ3v) is 3.53. The summed E-state index contributed by atoms with van der Waals surface area (Å²) in [5, 5.41) is 3.47. The second-order valence-electron chi connectivity index (χ2n) is 6.09. The predicted molar refractivity (Wildman–Crippen MR) is 79.5 cm³/mol. The lowest BCUT2D eigenvalue weighted by molar-refractivity contribution is 0.576. The van der Waals surface area contributed by atoms with Gasteiger partial charge in [0.25, 0.3) is 0 Å². The van der Waals surface area contributed by atoms with Gasteiger partial charge in [0.05, 0.1) is 17.6 Å². The van der Waals surface area contributed by atoms with Crippen LogP contribution in [-0.2, 0) is 6.54 Å². The van der Waals surface area contributed by atoms with Crippen LogP contribution >= 0.6 is 0 Å². The summed E-state index contributed by atoms with van der Waals surface area (Å²) in [6, 6.07) is 1.16. The van der Waals surface area contributed by atoms with Gasteiger partial charge in [-0.1, -0.05) is 27.7 Å². The van der Waals surface area contributed by atoms with E-state index in [0.29, 0.717) is 18.0 Å². The fourth-order valence-electron chi connectivity index (χ4n) is 2.09. The van der Waals surface area contributed by atoms with E-state index in [1.165, 1.54) is 18.5 Å². The van der Waals surface area contributed by atoms with Gasteiger partial charge in [-0.3, -0.25) is 0 Å². The minimum atomic E-state index is 0.373. The fourth-order valence-corrected chi connectivity index (χ4v) is 2.09. The molecule has 4 nitrogen and oxygen atoms in total. The smallest absolute Gasteiger partial charge is 0.131 e. The van der Waals surface area contributed by atoms with Crippen molar-refractivity contribution in [1.82, 2.24) is 15.3 Å². The van der Waals surface area contributed by atoms with Crippen LogP contribution in [0.15, 0.2) is 6.20 Å². The quantitative estimate of drug-likeness (QED) is 0.856. The maximum Gasteiger partial charge on any atom is 0.131 e. The minimum Gasteiger partial charge on any atom is -0.369 e. The van der Waals surface area contributed by atoms with Gasteiger partial charge in [-0.2, -0.15) is 0 Å². The summed E-state index contributed by atoms with van der Waals surface area (Å²) in [4.78, 5) is 11.6. The van der Waals surface area contributed by atoms with Crippen LogP contribution in [0.2, 0.25) is 0 Å². The van der Waals surface area contributed by atoms with E-state index in [1.807, 2.05) is 6.20 Å². The van der Waals surface area contributed by atoms with Crippen LogP contribution in [0.4, 0.5) is 5.69 Å². The molecule has 0 atom stereocenters. The monoisotopic (exact) mass is 262 g/mol. The summed E-state index contributed by atoms with van der Waals surface area (Å²) in [6.45, 7) is 9.41. The number of nitrogens with zero attached hydrogens (tertiary/aromatic N) is 3. The summed E-state index contributed by atoms with van der Waals surface area (Å²) in [7, 11) is 2.16. The van der Waals surface area contributed by atoms with Gasteiger partial charge in [0.15, 0.2) is 0 Å². The Labute approximate surface area is 116 Å². The largest absolute Gasteiger partial charge is 0.369 e. The zero-order valence-electron chi connectivity index (χ0n) is 12.8. The first-order chi connectivity index (χ1) is 8.99. The minimum absolute atomic E-state index is 0.373. The number of hydrogen-bond acceptors (Lipinski definition) is 4. The molecule has 1 aliphatic rings. The first-order valence-corrected chi connectivity index (χ1v) is 7.31. The Hall–Kier alpha value is -1.16. The summed E-state index contributed by atoms with van der Waals surface area (Å²) < 4.78 is 0. The summed E-state index contributed by atoms with van der Waals surface area (Å²) in [5.41, 5.74) is 2.31. The highest BCUT2D eigenvalue weighted by Crippen LogP contribution is 2.31. The Kier molecular flexibility index (Phi) is 4.40. The first-order valence-electron chi connectivity index (χ1n) is 7.31. The number of anilines is 1. The summed E-state index contributed by atoms with van der Waals surface area (Å²) in [5.74, 6) is 1.31. The number of nitrogens with one attached hydrogen (secondary N) is 1. The van der Waals surface area contributed by atoms with E-state index < -0.39 is 0 Å². The molecule has 0 radical (unpaired) electrons. The van der Waals surface area contributed by atoms with Crippen molar-refractivity contribution in [3.05, 3.63) is 17.7 Å². The Morgan fingerprint density at radius 2 is 2.00 bits per heavy atom. The Balaban J connectivity index is 2.23. The van der Waals surface area contributed by atoms with Crippen molar-refractivity contribution >= 4 is 5.69 Å². The van der Waals surface area contributed by atoms with Crippen LogP contribution in [0.5, 0.6) is 0 Å². The van der Waals surface area contributed by atoms with Crippen LogP contribution in [0, 0.1) is 0 Å². The third kappa shape index (κ3) is 3.66. The molecular formula is C15H26N4. The van der Waals surface area contributed by atoms with E-state index >= 15 is 0 Å². The van der Waals surface area contributed by atoms with Gasteiger partial charge < -0.3 is 10.2 Å². The second-order valence-corrected chi connectivity index (χ2v) is 6.09. The van der Waals surface area contributed by atoms with Crippen LogP contribution in [0.25, 0.3) is 0 Å². The van der Waals surface area contributed by atoms with E-state index in [4.69, 9.17) is 4.98 Å². The predicted octanol–water partition coefficient (Wildman–Crippen LogP) is 2.70. The molecule has 19 heavy (non-hydrogen) atoms. The molecule has 106 valence electrons. The van der Waals surface area contributed by atoms with Gasteiger partial charge in [-0.25, -0.2) is 9.97 Å². The molecular weight excluding hydrogens is 236 g/mol. The molecule has 0 aromatic carbocycles. The molecule has 0 saturated heterocycles. The van der Waals surface area contributed by atoms with Gasteiger partial charge in [0, 0.05) is 31.6 Å². The maximum absolute atomic E-state index is 4.76. The van der Waals surface area contributed by atoms with E-state index in [0.717, 1.165) is 18.1 Å². The molecule has 4 heteroatoms. The Bertz CT molecular complexity index is 424. The normalized spacial score (nSPS) is 15.3. The van der Waals surface area contributed by atoms with E-state index in [9.17, 15) is 0 Å². The van der Waals surface area contributed by atoms with Crippen molar-refractivity contribution in [1.29, 1.82) is 0 Å². The molecule has 1 heterocycles. The van der Waals surface area contributed by atoms with Crippen molar-refractivity contribution in [2.24, 2.45) is 0 Å². The first kappa shape index (κ1) is 14.3. The molecule has 0 aliphatic heterocycles. The van der Waals surface area contributed by atoms with Crippen molar-refractivity contribution in [2.75, 3.05) is 11.9 Å². The zero-order valence-corrected chi connectivity index (χ0v) is 12.8. The van der Waals surface area contributed by atoms with Crippen LogP contribution in [0.1, 0.15) is 58.0 Å². The van der Waals surface area contributed by atoms with Gasteiger partial charge in [0.2, 0.25) is 0 Å². The summed E-state index contributed by atoms with van der Waals surface area (Å²) >= 11 is 0. The van der Waals surface area contributed by atoms with Gasteiger partial charge in [0.1, 0.15) is 5.82 Å². The summed E-state index contributed by atoms with van der Waals surface area (Å²) in [6.07, 6.45) is 4.58. The number of rotatable bonds is 6. The van der Waals surface area contributed by atoms with Crippen molar-refractivity contribution in [3.63, 3.8) is 0 Å². The lowest BCUT2D eigenvalue weighted by atomic mass is 10.2. The van der Waals surface area contributed by atoms with Gasteiger partial charge in [-0.15, -0.1) is 0 Å². The molecule has 1 N–H and O–H groups in total. The van der Waals surface area contributed by atoms with Gasteiger partial charge >= 0.3 is 0 Å². The number of hydrogen-bond donors (Lipinski definition) is 1. The highest BCUT2D eigenvalue weighted by molar-refractivity contribution is 5.50. The highest BCUT2D eigenvalue weighted by atomic mass is 15.2. The molecule has 0 bridgehead atoms. The second kappa shape index (κ2) is 5.87. The molecule has 2 rings (SSSR count). The van der Waals surface area contributed by atoms with Crippen LogP contribution in [0.3, 0.4) is 0 Å². The van der Waals surface area contributed by atoms with Crippen molar-refractivity contribution in [3.8, 4) is 0 Å². The van der Waals surface area contributed by atoms with Gasteiger partial charge in [-0.05, 0) is 12.8 Å². The molecule has 1 fully saturated rings. The lowest BCUT2D eigenvalue weighted by Crippen LogP contribution is -2.27. The average molecular weight is 262 g/mol. The Morgan fingerprint density at radius 3 is 2.53 bits per heavy atom. The van der Waals surface area contributed by atoms with E-state index in [1.54, 1.807) is 0 Å². The zero-order chi connectivity index (χ0) is 14.0. The van der Waals surface area contributed by atoms with Crippen LogP contribution in [-0.4, -0.2) is 29.1 Å². The molecule has 0 spiro atoms. The van der Waals surface area contributed by atoms with Crippen LogP contribution < -0.4 is 10.2 Å². The molecule has 1 aliphatic carbocycles. The van der Waals surface area contributed by atoms with E-state index in [-0.39, 0.29) is 0 Å². The lowest BCUT2D eigenvalue weighted by Gasteiger charge is -2.22.